The first-order chi connectivity index (χ1) is 34.5. The normalized spacial score (nSPS) is 12.9. The Hall–Kier alpha value is -3.93. The van der Waals surface area contributed by atoms with Crippen molar-refractivity contribution in [2.75, 3.05) is 13.2 Å². The van der Waals surface area contributed by atoms with Crippen LogP contribution in [0.15, 0.2) is 109 Å². The lowest BCUT2D eigenvalue weighted by Gasteiger charge is -2.18. The maximum Gasteiger partial charge on any atom is 0.306 e. The van der Waals surface area contributed by atoms with Gasteiger partial charge in [-0.05, 0) is 122 Å². The summed E-state index contributed by atoms with van der Waals surface area (Å²) in [5.74, 6) is -0.935. The number of allylic oxidation sites excluding steroid dienone is 18. The first-order valence-electron chi connectivity index (χ1n) is 28.9. The van der Waals surface area contributed by atoms with Crippen LogP contribution < -0.4 is 0 Å². The number of carbonyl (C=O) groups excluding carboxylic acids is 3. The van der Waals surface area contributed by atoms with Crippen molar-refractivity contribution in [3.05, 3.63) is 109 Å². The second-order valence-electron chi connectivity index (χ2n) is 18.8. The first kappa shape index (κ1) is 66.1. The van der Waals surface area contributed by atoms with Crippen LogP contribution in [0.4, 0.5) is 0 Å². The minimum Gasteiger partial charge on any atom is -0.462 e. The van der Waals surface area contributed by atoms with Gasteiger partial charge in [0.05, 0.1) is 0 Å². The summed E-state index contributed by atoms with van der Waals surface area (Å²) < 4.78 is 16.8. The first-order valence-corrected chi connectivity index (χ1v) is 28.9. The number of ether oxygens (including phenoxy) is 3. The van der Waals surface area contributed by atoms with E-state index < -0.39 is 6.10 Å². The lowest BCUT2D eigenvalue weighted by atomic mass is 10.1. The van der Waals surface area contributed by atoms with E-state index in [1.165, 1.54) is 83.5 Å². The molecule has 0 aliphatic carbocycles. The molecule has 0 fully saturated rings. The van der Waals surface area contributed by atoms with E-state index in [9.17, 15) is 14.4 Å². The molecule has 0 aliphatic rings. The van der Waals surface area contributed by atoms with E-state index in [4.69, 9.17) is 14.2 Å². The number of hydrogen-bond acceptors (Lipinski definition) is 6. The van der Waals surface area contributed by atoms with Crippen molar-refractivity contribution in [1.29, 1.82) is 0 Å². The maximum absolute atomic E-state index is 12.9. The van der Waals surface area contributed by atoms with E-state index >= 15 is 0 Å². The van der Waals surface area contributed by atoms with Crippen molar-refractivity contribution in [3.63, 3.8) is 0 Å². The van der Waals surface area contributed by atoms with Gasteiger partial charge in [-0.1, -0.05) is 226 Å². The number of carbonyl (C=O) groups is 3. The van der Waals surface area contributed by atoms with Gasteiger partial charge < -0.3 is 14.2 Å². The van der Waals surface area contributed by atoms with Gasteiger partial charge in [0, 0.05) is 19.3 Å². The summed E-state index contributed by atoms with van der Waals surface area (Å²) in [4.78, 5) is 38.2. The van der Waals surface area contributed by atoms with Crippen molar-refractivity contribution in [2.45, 2.75) is 264 Å². The van der Waals surface area contributed by atoms with E-state index in [1.54, 1.807) is 0 Å². The van der Waals surface area contributed by atoms with Crippen molar-refractivity contribution in [2.24, 2.45) is 0 Å². The molecule has 0 saturated carbocycles. The van der Waals surface area contributed by atoms with Crippen LogP contribution in [0.2, 0.25) is 0 Å². The van der Waals surface area contributed by atoms with Gasteiger partial charge in [0.2, 0.25) is 0 Å². The molecule has 0 radical (unpaired) electrons. The quantitative estimate of drug-likeness (QED) is 0.0262. The molecule has 0 rings (SSSR count). The van der Waals surface area contributed by atoms with Gasteiger partial charge >= 0.3 is 17.9 Å². The smallest absolute Gasteiger partial charge is 0.306 e. The Kier molecular flexibility index (Phi) is 54.4. The molecule has 6 heteroatoms. The van der Waals surface area contributed by atoms with Crippen molar-refractivity contribution < 1.29 is 28.6 Å². The summed E-state index contributed by atoms with van der Waals surface area (Å²) in [6.45, 7) is 6.37. The Labute approximate surface area is 431 Å². The van der Waals surface area contributed by atoms with Gasteiger partial charge in [0.15, 0.2) is 6.10 Å². The summed E-state index contributed by atoms with van der Waals surface area (Å²) in [6, 6.07) is 0. The highest BCUT2D eigenvalue weighted by atomic mass is 16.6. The molecule has 0 aliphatic heterocycles. The van der Waals surface area contributed by atoms with E-state index in [0.717, 1.165) is 135 Å². The molecule has 0 amide bonds. The average Bonchev–Trinajstić information content (AvgIpc) is 3.36. The predicted molar refractivity (Wildman–Crippen MR) is 302 cm³/mol. The molecular weight excluding hydrogens is 865 g/mol. The second-order valence-corrected chi connectivity index (χ2v) is 18.8. The number of hydrogen-bond donors (Lipinski definition) is 0. The van der Waals surface area contributed by atoms with Gasteiger partial charge in [-0.3, -0.25) is 14.4 Å². The Morgan fingerprint density at radius 1 is 0.300 bits per heavy atom. The zero-order chi connectivity index (χ0) is 50.7. The fourth-order valence-electron chi connectivity index (χ4n) is 7.71. The average molecular weight is 972 g/mol. The van der Waals surface area contributed by atoms with Crippen LogP contribution >= 0.6 is 0 Å². The Balaban J connectivity index is 4.44. The van der Waals surface area contributed by atoms with Crippen LogP contribution in [0.1, 0.15) is 258 Å². The minimum atomic E-state index is -0.800. The monoisotopic (exact) mass is 971 g/mol. The van der Waals surface area contributed by atoms with E-state index in [0.29, 0.717) is 19.3 Å². The van der Waals surface area contributed by atoms with Crippen LogP contribution in [0.3, 0.4) is 0 Å². The Morgan fingerprint density at radius 3 is 0.886 bits per heavy atom. The van der Waals surface area contributed by atoms with E-state index in [1.807, 2.05) is 0 Å². The summed E-state index contributed by atoms with van der Waals surface area (Å²) in [5, 5.41) is 0. The molecule has 0 aromatic heterocycles. The van der Waals surface area contributed by atoms with E-state index in [2.05, 4.69) is 130 Å². The molecule has 0 N–H and O–H groups in total. The topological polar surface area (TPSA) is 78.9 Å². The molecule has 0 bridgehead atoms. The molecule has 0 aromatic carbocycles. The van der Waals surface area contributed by atoms with Crippen LogP contribution in [0.25, 0.3) is 0 Å². The van der Waals surface area contributed by atoms with Crippen molar-refractivity contribution in [3.8, 4) is 0 Å². The van der Waals surface area contributed by atoms with Gasteiger partial charge in [0.25, 0.3) is 0 Å². The largest absolute Gasteiger partial charge is 0.462 e. The molecule has 1 unspecified atom stereocenters. The van der Waals surface area contributed by atoms with Crippen LogP contribution in [0.5, 0.6) is 0 Å². The highest BCUT2D eigenvalue weighted by Crippen LogP contribution is 2.14. The molecule has 0 spiro atoms. The molecule has 0 aromatic rings. The van der Waals surface area contributed by atoms with Crippen molar-refractivity contribution >= 4 is 17.9 Å². The molecule has 6 nitrogen and oxygen atoms in total. The lowest BCUT2D eigenvalue weighted by molar-refractivity contribution is -0.167. The lowest BCUT2D eigenvalue weighted by Crippen LogP contribution is -2.30. The minimum absolute atomic E-state index is 0.0961. The molecule has 1 atom stereocenters. The van der Waals surface area contributed by atoms with Crippen LogP contribution in [-0.2, 0) is 28.6 Å². The fraction of sp³-hybridized carbons (Fsp3) is 0.672. The third-order valence-electron chi connectivity index (χ3n) is 12.0. The Bertz CT molecular complexity index is 1440. The summed E-state index contributed by atoms with van der Waals surface area (Å²) >= 11 is 0. The fourth-order valence-corrected chi connectivity index (χ4v) is 7.71. The molecule has 0 saturated heterocycles. The highest BCUT2D eigenvalue weighted by Gasteiger charge is 2.19. The third kappa shape index (κ3) is 55.0. The van der Waals surface area contributed by atoms with E-state index in [-0.39, 0.29) is 31.1 Å². The van der Waals surface area contributed by atoms with Gasteiger partial charge in [-0.15, -0.1) is 0 Å². The van der Waals surface area contributed by atoms with Crippen LogP contribution in [0, 0.1) is 0 Å². The maximum atomic E-state index is 12.9. The third-order valence-corrected chi connectivity index (χ3v) is 12.0. The Morgan fingerprint density at radius 2 is 0.557 bits per heavy atom. The van der Waals surface area contributed by atoms with Gasteiger partial charge in [-0.2, -0.15) is 0 Å². The standard InChI is InChI=1S/C64H106O6/c1-4-7-10-13-16-19-22-25-28-30-31-32-33-35-36-39-42-45-48-51-54-57-63(66)69-60-61(59-68-62(65)56-53-50-47-44-41-38-27-24-21-18-15-12-9-6-3)70-64(67)58-55-52-49-46-43-40-37-34-29-26-23-20-17-14-11-8-5-2/h7-8,10-11,16-17,19-20,24-29,31-32,37,40,61H,4-6,9,12-15,18,21-23,30,33-36,38-39,41-60H2,1-3H3/b10-7-,11-8-,19-16-,20-17-,27-24-,28-25-,29-26-,32-31-,40-37-. The summed E-state index contributed by atoms with van der Waals surface area (Å²) in [6.07, 6.45) is 77.9. The van der Waals surface area contributed by atoms with Crippen LogP contribution in [-0.4, -0.2) is 37.2 Å². The second kappa shape index (κ2) is 57.6. The predicted octanol–water partition coefficient (Wildman–Crippen LogP) is 19.5. The zero-order valence-corrected chi connectivity index (χ0v) is 45.5. The summed E-state index contributed by atoms with van der Waals surface area (Å²) in [5.41, 5.74) is 0. The highest BCUT2D eigenvalue weighted by molar-refractivity contribution is 5.71. The summed E-state index contributed by atoms with van der Waals surface area (Å²) in [7, 11) is 0. The molecule has 0 heterocycles. The molecule has 70 heavy (non-hydrogen) atoms. The molecule has 398 valence electrons. The van der Waals surface area contributed by atoms with Gasteiger partial charge in [0.1, 0.15) is 13.2 Å². The molecular formula is C64H106O6. The SMILES string of the molecule is CC/C=C\C/C=C\C/C=C\C/C=C\CCCCCCCCCCC(=O)OCC(COC(=O)CCCCCCC/C=C\CCCCCCC)OC(=O)CCCCCC/C=C\C/C=C\C/C=C\C/C=C\CC. The van der Waals surface area contributed by atoms with Gasteiger partial charge in [-0.25, -0.2) is 0 Å². The number of rotatable bonds is 51. The van der Waals surface area contributed by atoms with Crippen molar-refractivity contribution in [1.82, 2.24) is 0 Å². The number of esters is 3. The number of unbranched alkanes of at least 4 members (excludes halogenated alkanes) is 22. The zero-order valence-electron chi connectivity index (χ0n) is 45.5.